The van der Waals surface area contributed by atoms with Gasteiger partial charge in [0.05, 0.1) is 17.3 Å². The number of anilines is 2. The van der Waals surface area contributed by atoms with E-state index >= 15 is 0 Å². The van der Waals surface area contributed by atoms with Crippen molar-refractivity contribution in [2.45, 2.75) is 32.4 Å². The van der Waals surface area contributed by atoms with Crippen LogP contribution in [0.1, 0.15) is 24.6 Å². The minimum atomic E-state index is -0.0657. The number of rotatable bonds is 4. The van der Waals surface area contributed by atoms with Crippen molar-refractivity contribution < 1.29 is 4.79 Å². The Morgan fingerprint density at radius 1 is 1.30 bits per heavy atom. The molecule has 3 heterocycles. The van der Waals surface area contributed by atoms with Gasteiger partial charge >= 0.3 is 0 Å². The van der Waals surface area contributed by atoms with Crippen molar-refractivity contribution in [2.24, 2.45) is 0 Å². The summed E-state index contributed by atoms with van der Waals surface area (Å²) in [4.78, 5) is 15.0. The summed E-state index contributed by atoms with van der Waals surface area (Å²) < 4.78 is 3.91. The molecule has 7 heteroatoms. The van der Waals surface area contributed by atoms with Gasteiger partial charge in [-0.05, 0) is 58.1 Å². The molecule has 7 nitrogen and oxygen atoms in total. The van der Waals surface area contributed by atoms with Crippen LogP contribution in [0.25, 0.3) is 10.9 Å². The van der Waals surface area contributed by atoms with E-state index in [4.69, 9.17) is 5.73 Å². The predicted octanol–water partition coefficient (Wildman–Crippen LogP) is 2.63. The molecule has 2 aromatic heterocycles. The van der Waals surface area contributed by atoms with Gasteiger partial charge in [0.1, 0.15) is 12.4 Å². The van der Waals surface area contributed by atoms with Crippen molar-refractivity contribution in [3.05, 3.63) is 42.2 Å². The number of aromatic nitrogens is 3. The maximum Gasteiger partial charge on any atom is 0.245 e. The lowest BCUT2D eigenvalue weighted by atomic mass is 10.1. The van der Waals surface area contributed by atoms with Gasteiger partial charge < -0.3 is 20.5 Å². The Morgan fingerprint density at radius 2 is 2.07 bits per heavy atom. The first-order chi connectivity index (χ1) is 13.0. The van der Waals surface area contributed by atoms with Crippen molar-refractivity contribution in [2.75, 3.05) is 31.2 Å². The van der Waals surface area contributed by atoms with Crippen LogP contribution in [-0.4, -0.2) is 45.3 Å². The number of aryl methyl sites for hydroxylation is 1. The van der Waals surface area contributed by atoms with Crippen LogP contribution in [0, 0.1) is 6.92 Å². The fourth-order valence-electron chi connectivity index (χ4n) is 3.85. The van der Waals surface area contributed by atoms with E-state index in [9.17, 15) is 4.79 Å². The lowest BCUT2D eigenvalue weighted by Gasteiger charge is -2.30. The Morgan fingerprint density at radius 3 is 2.85 bits per heavy atom. The predicted molar refractivity (Wildman–Crippen MR) is 108 cm³/mol. The van der Waals surface area contributed by atoms with Crippen LogP contribution in [0.2, 0.25) is 0 Å². The van der Waals surface area contributed by atoms with Crippen molar-refractivity contribution >= 4 is 28.3 Å². The zero-order valence-electron chi connectivity index (χ0n) is 15.9. The summed E-state index contributed by atoms with van der Waals surface area (Å²) in [5.41, 5.74) is 8.62. The summed E-state index contributed by atoms with van der Waals surface area (Å²) in [5.74, 6) is 0.715. The molecular formula is C20H26N6O. The highest BCUT2D eigenvalue weighted by molar-refractivity contribution is 5.94. The van der Waals surface area contributed by atoms with Crippen LogP contribution >= 0.6 is 0 Å². The Bertz CT molecular complexity index is 964. The van der Waals surface area contributed by atoms with E-state index in [0.717, 1.165) is 54.0 Å². The number of piperidine rings is 1. The number of hydrogen-bond donors (Lipinski definition) is 2. The molecule has 1 aromatic carbocycles. The summed E-state index contributed by atoms with van der Waals surface area (Å²) >= 11 is 0. The summed E-state index contributed by atoms with van der Waals surface area (Å²) in [6.45, 7) is 4.30. The molecule has 27 heavy (non-hydrogen) atoms. The minimum absolute atomic E-state index is 0.0657. The van der Waals surface area contributed by atoms with Crippen LogP contribution in [0.4, 0.5) is 11.5 Å². The fraction of sp³-hybridized carbons (Fsp3) is 0.400. The number of hydrogen-bond acceptors (Lipinski definition) is 4. The Kier molecular flexibility index (Phi) is 4.61. The molecule has 4 rings (SSSR count). The number of carbonyl (C=O) groups excluding carboxylic acids is 1. The van der Waals surface area contributed by atoms with Gasteiger partial charge in [-0.1, -0.05) is 6.07 Å². The Balaban J connectivity index is 1.50. The van der Waals surface area contributed by atoms with Crippen LogP contribution < -0.4 is 11.1 Å². The Hall–Kier alpha value is -2.80. The lowest BCUT2D eigenvalue weighted by Crippen LogP contribution is -2.32. The van der Waals surface area contributed by atoms with Crippen LogP contribution in [-0.2, 0) is 11.3 Å². The zero-order chi connectivity index (χ0) is 19.0. The number of nitrogens with zero attached hydrogens (tertiary/aromatic N) is 4. The van der Waals surface area contributed by atoms with Crippen LogP contribution in [0.15, 0.2) is 36.5 Å². The second kappa shape index (κ2) is 7.08. The summed E-state index contributed by atoms with van der Waals surface area (Å²) in [7, 11) is 2.14. The monoisotopic (exact) mass is 366 g/mol. The number of carbonyl (C=O) groups is 1. The molecule has 1 aliphatic heterocycles. The molecule has 0 aliphatic carbocycles. The van der Waals surface area contributed by atoms with Crippen molar-refractivity contribution in [3.63, 3.8) is 0 Å². The summed E-state index contributed by atoms with van der Waals surface area (Å²) in [6.07, 6.45) is 3.99. The smallest absolute Gasteiger partial charge is 0.245 e. The van der Waals surface area contributed by atoms with Gasteiger partial charge in [0.2, 0.25) is 5.91 Å². The molecular weight excluding hydrogens is 340 g/mol. The lowest BCUT2D eigenvalue weighted by molar-refractivity contribution is -0.116. The molecule has 1 amide bonds. The summed E-state index contributed by atoms with van der Waals surface area (Å²) in [6, 6.07) is 9.98. The van der Waals surface area contributed by atoms with Gasteiger partial charge in [-0.3, -0.25) is 4.79 Å². The topological polar surface area (TPSA) is 81.1 Å². The number of nitrogens with two attached hydrogens (primary N) is 1. The number of likely N-dealkylation sites (tertiary alicyclic amines) is 1. The van der Waals surface area contributed by atoms with Gasteiger partial charge in [-0.25, -0.2) is 4.68 Å². The molecule has 1 aliphatic rings. The van der Waals surface area contributed by atoms with Gasteiger partial charge in [0.25, 0.3) is 0 Å². The summed E-state index contributed by atoms with van der Waals surface area (Å²) in [5, 5.41) is 8.65. The third-order valence-electron chi connectivity index (χ3n) is 5.32. The van der Waals surface area contributed by atoms with Crippen molar-refractivity contribution in [1.82, 2.24) is 19.2 Å². The Labute approximate surface area is 158 Å². The van der Waals surface area contributed by atoms with Gasteiger partial charge in [0, 0.05) is 23.3 Å². The standard InChI is InChI=1S/C20H26N6O/c1-14-12-19(26(23-14)15-6-9-24(2)10-7-15)22-20(27)13-25-11-8-16-17(21)4-3-5-18(16)25/h3-5,8,11-12,15H,6-7,9-10,13,21H2,1-2H3,(H,22,27). The molecule has 3 N–H and O–H groups in total. The van der Waals surface area contributed by atoms with E-state index in [1.54, 1.807) is 0 Å². The number of fused-ring (bicyclic) bond motifs is 1. The molecule has 0 spiro atoms. The van der Waals surface area contributed by atoms with Gasteiger partial charge in [-0.15, -0.1) is 0 Å². The molecule has 0 radical (unpaired) electrons. The first-order valence-corrected chi connectivity index (χ1v) is 9.39. The third kappa shape index (κ3) is 3.55. The molecule has 1 fully saturated rings. The van der Waals surface area contributed by atoms with Crippen molar-refractivity contribution in [1.29, 1.82) is 0 Å². The second-order valence-electron chi connectivity index (χ2n) is 7.42. The number of nitrogen functional groups attached to an aromatic ring is 1. The molecule has 142 valence electrons. The van der Waals surface area contributed by atoms with E-state index in [1.807, 2.05) is 52.7 Å². The van der Waals surface area contributed by atoms with Crippen LogP contribution in [0.5, 0.6) is 0 Å². The SMILES string of the molecule is Cc1cc(NC(=O)Cn2ccc3c(N)cccc32)n(C2CCN(C)CC2)n1. The van der Waals surface area contributed by atoms with E-state index in [0.29, 0.717) is 6.04 Å². The number of nitrogens with one attached hydrogen (secondary N) is 1. The first kappa shape index (κ1) is 17.6. The quantitative estimate of drug-likeness (QED) is 0.696. The second-order valence-corrected chi connectivity index (χ2v) is 7.42. The van der Waals surface area contributed by atoms with E-state index in [-0.39, 0.29) is 12.5 Å². The highest BCUT2D eigenvalue weighted by Crippen LogP contribution is 2.26. The van der Waals surface area contributed by atoms with E-state index in [2.05, 4.69) is 22.4 Å². The molecule has 0 saturated carbocycles. The van der Waals surface area contributed by atoms with Crippen molar-refractivity contribution in [3.8, 4) is 0 Å². The molecule has 3 aromatic rings. The maximum absolute atomic E-state index is 12.7. The number of benzene rings is 1. The molecule has 0 atom stereocenters. The van der Waals surface area contributed by atoms with Crippen LogP contribution in [0.3, 0.4) is 0 Å². The van der Waals surface area contributed by atoms with E-state index < -0.39 is 0 Å². The molecule has 0 bridgehead atoms. The highest BCUT2D eigenvalue weighted by atomic mass is 16.2. The fourth-order valence-corrected chi connectivity index (χ4v) is 3.85. The molecule has 0 unspecified atom stereocenters. The maximum atomic E-state index is 12.7. The molecule has 1 saturated heterocycles. The average Bonchev–Trinajstić information content (AvgIpc) is 3.20. The number of amides is 1. The average molecular weight is 366 g/mol. The largest absolute Gasteiger partial charge is 0.398 e. The third-order valence-corrected chi connectivity index (χ3v) is 5.32. The normalized spacial score (nSPS) is 16.1. The highest BCUT2D eigenvalue weighted by Gasteiger charge is 2.22. The van der Waals surface area contributed by atoms with E-state index in [1.165, 1.54) is 0 Å². The van der Waals surface area contributed by atoms with Gasteiger partial charge in [-0.2, -0.15) is 5.10 Å². The minimum Gasteiger partial charge on any atom is -0.398 e. The van der Waals surface area contributed by atoms with Gasteiger partial charge in [0.15, 0.2) is 0 Å². The first-order valence-electron chi connectivity index (χ1n) is 9.39. The zero-order valence-corrected chi connectivity index (χ0v) is 15.9.